The highest BCUT2D eigenvalue weighted by Crippen LogP contribution is 2.45. The molecule has 0 spiro atoms. The molecule has 0 saturated carbocycles. The van der Waals surface area contributed by atoms with Crippen LogP contribution in [-0.4, -0.2) is 36.5 Å². The van der Waals surface area contributed by atoms with Crippen LogP contribution in [0, 0.1) is 0 Å². The lowest BCUT2D eigenvalue weighted by Crippen LogP contribution is -2.36. The van der Waals surface area contributed by atoms with Gasteiger partial charge in [-0.15, -0.1) is 0 Å². The van der Waals surface area contributed by atoms with Crippen molar-refractivity contribution >= 4 is 0 Å². The lowest BCUT2D eigenvalue weighted by atomic mass is 10.1. The molecule has 3 fully saturated rings. The second-order valence-corrected chi connectivity index (χ2v) is 6.34. The maximum Gasteiger partial charge on any atom is 0.191 e. The highest BCUT2D eigenvalue weighted by molar-refractivity contribution is 5.16. The molecule has 0 unspecified atom stereocenters. The van der Waals surface area contributed by atoms with Crippen molar-refractivity contribution in [1.29, 1.82) is 0 Å². The summed E-state index contributed by atoms with van der Waals surface area (Å²) in [5.74, 6) is -0.0498. The van der Waals surface area contributed by atoms with E-state index in [-0.39, 0.29) is 24.4 Å². The van der Waals surface area contributed by atoms with E-state index in [1.165, 1.54) is 0 Å². The van der Waals surface area contributed by atoms with Crippen molar-refractivity contribution in [2.45, 2.75) is 56.9 Å². The molecule has 1 aromatic carbocycles. The number of benzene rings is 1. The topological polar surface area (TPSA) is 46.2 Å². The molecule has 5 heteroatoms. The first kappa shape index (κ1) is 14.2. The van der Waals surface area contributed by atoms with Crippen molar-refractivity contribution in [3.05, 3.63) is 48.2 Å². The maximum absolute atomic E-state index is 5.97. The summed E-state index contributed by atoms with van der Waals surface area (Å²) >= 11 is 0. The van der Waals surface area contributed by atoms with Gasteiger partial charge >= 0.3 is 0 Å². The molecule has 4 rings (SSSR count). The summed E-state index contributed by atoms with van der Waals surface area (Å²) in [5.41, 5.74) is 1.10. The van der Waals surface area contributed by atoms with Crippen LogP contribution in [0.25, 0.3) is 0 Å². The van der Waals surface area contributed by atoms with Gasteiger partial charge in [-0.2, -0.15) is 0 Å². The summed E-state index contributed by atoms with van der Waals surface area (Å²) in [6.07, 6.45) is -1.39. The van der Waals surface area contributed by atoms with E-state index in [9.17, 15) is 0 Å². The van der Waals surface area contributed by atoms with Gasteiger partial charge in [-0.05, 0) is 19.4 Å². The van der Waals surface area contributed by atoms with E-state index in [0.29, 0.717) is 12.4 Å². The molecule has 1 aromatic rings. The summed E-state index contributed by atoms with van der Waals surface area (Å²) in [4.78, 5) is 0. The second-order valence-electron chi connectivity index (χ2n) is 6.34. The van der Waals surface area contributed by atoms with Gasteiger partial charge in [-0.1, -0.05) is 36.9 Å². The first-order chi connectivity index (χ1) is 10.5. The number of ether oxygens (including phenoxy) is 5. The van der Waals surface area contributed by atoms with E-state index in [0.717, 1.165) is 5.56 Å². The number of rotatable bonds is 3. The van der Waals surface area contributed by atoms with E-state index in [1.54, 1.807) is 0 Å². The first-order valence-electron chi connectivity index (χ1n) is 7.56. The third kappa shape index (κ3) is 2.34. The van der Waals surface area contributed by atoms with Gasteiger partial charge in [0.2, 0.25) is 0 Å². The van der Waals surface area contributed by atoms with Crippen LogP contribution < -0.4 is 0 Å². The van der Waals surface area contributed by atoms with Crippen LogP contribution in [0.5, 0.6) is 0 Å². The largest absolute Gasteiger partial charge is 0.487 e. The van der Waals surface area contributed by atoms with Crippen LogP contribution in [0.15, 0.2) is 42.7 Å². The number of fused-ring (bicyclic) bond motifs is 3. The van der Waals surface area contributed by atoms with Crippen molar-refractivity contribution < 1.29 is 23.7 Å². The van der Waals surface area contributed by atoms with Gasteiger partial charge in [0.1, 0.15) is 18.0 Å². The van der Waals surface area contributed by atoms with Crippen LogP contribution in [0.3, 0.4) is 0 Å². The van der Waals surface area contributed by atoms with Gasteiger partial charge in [0.15, 0.2) is 24.3 Å². The number of hydrogen-bond donors (Lipinski definition) is 0. The van der Waals surface area contributed by atoms with Crippen molar-refractivity contribution in [2.24, 2.45) is 0 Å². The molecule has 22 heavy (non-hydrogen) atoms. The summed E-state index contributed by atoms with van der Waals surface area (Å²) in [5, 5.41) is 0. The molecule has 5 atom stereocenters. The van der Waals surface area contributed by atoms with E-state index in [2.05, 4.69) is 6.58 Å². The summed E-state index contributed by atoms with van der Waals surface area (Å²) in [7, 11) is 0. The zero-order chi connectivity index (χ0) is 15.3. The normalized spacial score (nSPS) is 38.6. The molecule has 0 aromatic heterocycles. The van der Waals surface area contributed by atoms with Gasteiger partial charge in [-0.25, -0.2) is 0 Å². The Morgan fingerprint density at radius 2 is 1.86 bits per heavy atom. The monoisotopic (exact) mass is 304 g/mol. The molecule has 0 amide bonds. The molecule has 118 valence electrons. The highest BCUT2D eigenvalue weighted by Gasteiger charge is 2.61. The summed E-state index contributed by atoms with van der Waals surface area (Å²) in [6.45, 7) is 8.19. The van der Waals surface area contributed by atoms with Gasteiger partial charge in [0.25, 0.3) is 0 Å². The van der Waals surface area contributed by atoms with Crippen molar-refractivity contribution in [3.63, 3.8) is 0 Å². The fraction of sp³-hybridized carbons (Fsp3) is 0.529. The molecule has 3 aliphatic heterocycles. The van der Waals surface area contributed by atoms with Crippen molar-refractivity contribution in [1.82, 2.24) is 0 Å². The Morgan fingerprint density at radius 1 is 1.09 bits per heavy atom. The minimum atomic E-state index is -0.645. The molecule has 0 bridgehead atoms. The second kappa shape index (κ2) is 5.06. The van der Waals surface area contributed by atoms with Crippen molar-refractivity contribution in [2.75, 3.05) is 0 Å². The standard InChI is InChI=1S/C17H20O5/c1-10-12(18-9-11-7-5-4-6-8-11)13-14(19-10)15-16(20-13)22-17(2,3)21-15/h4-8,12-16H,1,9H2,2-3H3/t12-,13-,14+,15-,16-/m1/s1. The van der Waals surface area contributed by atoms with Gasteiger partial charge in [0.05, 0.1) is 6.61 Å². The molecular weight excluding hydrogens is 284 g/mol. The average molecular weight is 304 g/mol. The molecule has 3 aliphatic rings. The fourth-order valence-electron chi connectivity index (χ4n) is 3.26. The van der Waals surface area contributed by atoms with E-state index >= 15 is 0 Å². The third-order valence-electron chi connectivity index (χ3n) is 4.20. The molecule has 3 heterocycles. The van der Waals surface area contributed by atoms with Crippen LogP contribution in [0.2, 0.25) is 0 Å². The maximum atomic E-state index is 5.97. The third-order valence-corrected chi connectivity index (χ3v) is 4.20. The predicted octanol–water partition coefficient (Wildman–Crippen LogP) is 2.36. The van der Waals surface area contributed by atoms with Crippen LogP contribution in [0.4, 0.5) is 0 Å². The number of hydrogen-bond acceptors (Lipinski definition) is 5. The minimum Gasteiger partial charge on any atom is -0.487 e. The zero-order valence-corrected chi connectivity index (χ0v) is 12.7. The van der Waals surface area contributed by atoms with Crippen LogP contribution in [-0.2, 0) is 30.3 Å². The lowest BCUT2D eigenvalue weighted by Gasteiger charge is -2.22. The van der Waals surface area contributed by atoms with E-state index < -0.39 is 12.1 Å². The average Bonchev–Trinajstić information content (AvgIpc) is 3.05. The molecule has 3 saturated heterocycles. The molecule has 0 N–H and O–H groups in total. The van der Waals surface area contributed by atoms with Crippen molar-refractivity contribution in [3.8, 4) is 0 Å². The predicted molar refractivity (Wildman–Crippen MR) is 77.7 cm³/mol. The van der Waals surface area contributed by atoms with Crippen LogP contribution >= 0.6 is 0 Å². The van der Waals surface area contributed by atoms with Crippen LogP contribution in [0.1, 0.15) is 19.4 Å². The van der Waals surface area contributed by atoms with Gasteiger partial charge < -0.3 is 23.7 Å². The highest BCUT2D eigenvalue weighted by atomic mass is 16.8. The quantitative estimate of drug-likeness (QED) is 0.858. The zero-order valence-electron chi connectivity index (χ0n) is 12.7. The smallest absolute Gasteiger partial charge is 0.191 e. The minimum absolute atomic E-state index is 0.222. The SMILES string of the molecule is C=C1O[C@@H]2[C@H]3OC(C)(C)O[C@H]3O[C@@H]2[C@@H]1OCc1ccccc1. The Morgan fingerprint density at radius 3 is 2.64 bits per heavy atom. The molecule has 5 nitrogen and oxygen atoms in total. The Kier molecular flexibility index (Phi) is 3.27. The lowest BCUT2D eigenvalue weighted by molar-refractivity contribution is -0.216. The summed E-state index contributed by atoms with van der Waals surface area (Å²) < 4.78 is 29.4. The van der Waals surface area contributed by atoms with Gasteiger partial charge in [-0.3, -0.25) is 0 Å². The molecular formula is C17H20O5. The Labute approximate surface area is 129 Å². The first-order valence-corrected chi connectivity index (χ1v) is 7.56. The Balaban J connectivity index is 1.44. The van der Waals surface area contributed by atoms with E-state index in [4.69, 9.17) is 23.7 Å². The van der Waals surface area contributed by atoms with E-state index in [1.807, 2.05) is 44.2 Å². The molecule has 0 aliphatic carbocycles. The van der Waals surface area contributed by atoms with Gasteiger partial charge in [0, 0.05) is 0 Å². The fourth-order valence-corrected chi connectivity index (χ4v) is 3.26. The molecule has 0 radical (unpaired) electrons. The Hall–Kier alpha value is -1.40. The Bertz CT molecular complexity index is 570. The summed E-state index contributed by atoms with van der Waals surface area (Å²) in [6, 6.07) is 10.0.